The zero-order valence-corrected chi connectivity index (χ0v) is 14.4. The number of nitrogens with zero attached hydrogens (tertiary/aromatic N) is 3. The number of aromatic hydroxyl groups is 1. The first-order valence-corrected chi connectivity index (χ1v) is 8.74. The molecule has 2 aliphatic rings. The SMILES string of the molecule is CCOc1cc(CN2CC[C@]3(COCc4cncnc43)C2)ccc1O. The van der Waals surface area contributed by atoms with E-state index in [9.17, 15) is 5.11 Å². The molecule has 0 bridgehead atoms. The van der Waals surface area contributed by atoms with Crippen LogP contribution in [0.4, 0.5) is 0 Å². The van der Waals surface area contributed by atoms with Crippen molar-refractivity contribution >= 4 is 0 Å². The van der Waals surface area contributed by atoms with Crippen LogP contribution < -0.4 is 4.74 Å². The minimum Gasteiger partial charge on any atom is -0.504 e. The van der Waals surface area contributed by atoms with Gasteiger partial charge in [0, 0.05) is 24.8 Å². The molecule has 4 rings (SSSR count). The van der Waals surface area contributed by atoms with Gasteiger partial charge in [0.2, 0.25) is 0 Å². The number of likely N-dealkylation sites (tertiary alicyclic amines) is 1. The molecule has 0 amide bonds. The van der Waals surface area contributed by atoms with Gasteiger partial charge in [0.25, 0.3) is 0 Å². The second-order valence-corrected chi connectivity index (χ2v) is 6.87. The Hall–Kier alpha value is -2.18. The van der Waals surface area contributed by atoms with Crippen molar-refractivity contribution in [3.8, 4) is 11.5 Å². The number of hydrogen-bond acceptors (Lipinski definition) is 6. The Morgan fingerprint density at radius 2 is 2.32 bits per heavy atom. The molecule has 132 valence electrons. The Bertz CT molecular complexity index is 767. The quantitative estimate of drug-likeness (QED) is 0.920. The van der Waals surface area contributed by atoms with E-state index in [0.29, 0.717) is 25.6 Å². The molecule has 2 aliphatic heterocycles. The fraction of sp³-hybridized carbons (Fsp3) is 0.474. The summed E-state index contributed by atoms with van der Waals surface area (Å²) in [7, 11) is 0. The van der Waals surface area contributed by atoms with E-state index in [-0.39, 0.29) is 11.2 Å². The molecule has 2 aromatic rings. The van der Waals surface area contributed by atoms with E-state index in [1.807, 2.05) is 25.3 Å². The number of benzene rings is 1. The maximum absolute atomic E-state index is 9.87. The molecular weight excluding hydrogens is 318 g/mol. The number of fused-ring (bicyclic) bond motifs is 2. The van der Waals surface area contributed by atoms with Crippen LogP contribution in [0.3, 0.4) is 0 Å². The van der Waals surface area contributed by atoms with Crippen LogP contribution in [0.5, 0.6) is 11.5 Å². The smallest absolute Gasteiger partial charge is 0.161 e. The highest BCUT2D eigenvalue weighted by atomic mass is 16.5. The highest BCUT2D eigenvalue weighted by molar-refractivity contribution is 5.42. The van der Waals surface area contributed by atoms with Crippen molar-refractivity contribution < 1.29 is 14.6 Å². The molecule has 1 fully saturated rings. The molecule has 1 saturated heterocycles. The summed E-state index contributed by atoms with van der Waals surface area (Å²) in [6, 6.07) is 5.59. The largest absolute Gasteiger partial charge is 0.504 e. The van der Waals surface area contributed by atoms with Crippen LogP contribution in [-0.4, -0.2) is 46.3 Å². The van der Waals surface area contributed by atoms with E-state index < -0.39 is 0 Å². The number of phenolic OH excluding ortho intramolecular Hbond substituents is 1. The minimum atomic E-state index is -0.0316. The van der Waals surface area contributed by atoms with E-state index in [0.717, 1.165) is 42.9 Å². The van der Waals surface area contributed by atoms with Gasteiger partial charge in [-0.15, -0.1) is 0 Å². The number of aromatic nitrogens is 2. The molecular formula is C19H23N3O3. The molecule has 1 aromatic heterocycles. The van der Waals surface area contributed by atoms with Crippen molar-refractivity contribution in [3.05, 3.63) is 47.5 Å². The lowest BCUT2D eigenvalue weighted by Gasteiger charge is -2.34. The van der Waals surface area contributed by atoms with E-state index >= 15 is 0 Å². The summed E-state index contributed by atoms with van der Waals surface area (Å²) in [5.74, 6) is 0.739. The highest BCUT2D eigenvalue weighted by Crippen LogP contribution is 2.39. The van der Waals surface area contributed by atoms with Crippen molar-refractivity contribution in [3.63, 3.8) is 0 Å². The van der Waals surface area contributed by atoms with Gasteiger partial charge in [-0.05, 0) is 37.6 Å². The lowest BCUT2D eigenvalue weighted by Crippen LogP contribution is -2.40. The highest BCUT2D eigenvalue weighted by Gasteiger charge is 2.44. The van der Waals surface area contributed by atoms with Crippen molar-refractivity contribution in [2.75, 3.05) is 26.3 Å². The maximum Gasteiger partial charge on any atom is 0.161 e. The van der Waals surface area contributed by atoms with Crippen LogP contribution in [0.25, 0.3) is 0 Å². The molecule has 6 heteroatoms. The van der Waals surface area contributed by atoms with E-state index in [1.54, 1.807) is 12.4 Å². The summed E-state index contributed by atoms with van der Waals surface area (Å²) in [4.78, 5) is 11.1. The summed E-state index contributed by atoms with van der Waals surface area (Å²) >= 11 is 0. The Morgan fingerprint density at radius 3 is 3.20 bits per heavy atom. The third-order valence-electron chi connectivity index (χ3n) is 5.09. The topological polar surface area (TPSA) is 67.7 Å². The number of rotatable bonds is 4. The predicted octanol–water partition coefficient (Wildman–Crippen LogP) is 2.25. The van der Waals surface area contributed by atoms with Crippen LogP contribution in [0.2, 0.25) is 0 Å². The lowest BCUT2D eigenvalue weighted by molar-refractivity contribution is 0.0502. The molecule has 1 atom stereocenters. The molecule has 1 N–H and O–H groups in total. The van der Waals surface area contributed by atoms with Gasteiger partial charge in [0.05, 0.1) is 30.9 Å². The van der Waals surface area contributed by atoms with Gasteiger partial charge in [0.1, 0.15) is 6.33 Å². The maximum atomic E-state index is 9.87. The minimum absolute atomic E-state index is 0.0316. The Balaban J connectivity index is 1.51. The first-order chi connectivity index (χ1) is 12.2. The van der Waals surface area contributed by atoms with E-state index in [1.165, 1.54) is 0 Å². The van der Waals surface area contributed by atoms with Gasteiger partial charge in [-0.2, -0.15) is 0 Å². The van der Waals surface area contributed by atoms with Crippen molar-refractivity contribution in [1.82, 2.24) is 14.9 Å². The first kappa shape index (κ1) is 16.3. The van der Waals surface area contributed by atoms with Gasteiger partial charge < -0.3 is 14.6 Å². The molecule has 0 radical (unpaired) electrons. The van der Waals surface area contributed by atoms with Crippen molar-refractivity contribution in [1.29, 1.82) is 0 Å². The molecule has 3 heterocycles. The van der Waals surface area contributed by atoms with Gasteiger partial charge in [-0.1, -0.05) is 6.07 Å². The Kier molecular flexibility index (Phi) is 4.31. The zero-order valence-electron chi connectivity index (χ0n) is 14.4. The average Bonchev–Trinajstić information content (AvgIpc) is 3.02. The van der Waals surface area contributed by atoms with Gasteiger partial charge in [-0.3, -0.25) is 4.90 Å². The number of hydrogen-bond donors (Lipinski definition) is 1. The van der Waals surface area contributed by atoms with Crippen molar-refractivity contribution in [2.45, 2.75) is 31.9 Å². The monoisotopic (exact) mass is 341 g/mol. The normalized spacial score (nSPS) is 22.9. The number of phenols is 1. The van der Waals surface area contributed by atoms with Crippen LogP contribution >= 0.6 is 0 Å². The summed E-state index contributed by atoms with van der Waals surface area (Å²) in [5, 5.41) is 9.87. The standard InChI is InChI=1S/C19H23N3O3/c1-2-25-17-7-14(3-4-16(17)23)9-22-6-5-19(11-22)12-24-10-15-8-20-13-21-18(15)19/h3-4,7-8,13,23H,2,5-6,9-12H2,1H3/t19-/m1/s1. The van der Waals surface area contributed by atoms with Crippen molar-refractivity contribution in [2.24, 2.45) is 0 Å². The summed E-state index contributed by atoms with van der Waals surface area (Å²) < 4.78 is 11.3. The third-order valence-corrected chi connectivity index (χ3v) is 5.09. The lowest BCUT2D eigenvalue weighted by atomic mass is 9.81. The van der Waals surface area contributed by atoms with Gasteiger partial charge in [-0.25, -0.2) is 9.97 Å². The second kappa shape index (κ2) is 6.61. The fourth-order valence-corrected chi connectivity index (χ4v) is 3.96. The van der Waals surface area contributed by atoms with Crippen LogP contribution in [-0.2, 0) is 23.3 Å². The molecule has 0 saturated carbocycles. The molecule has 0 unspecified atom stereocenters. The van der Waals surface area contributed by atoms with Gasteiger partial charge >= 0.3 is 0 Å². The fourth-order valence-electron chi connectivity index (χ4n) is 3.96. The Morgan fingerprint density at radius 1 is 1.40 bits per heavy atom. The Labute approximate surface area is 147 Å². The number of ether oxygens (including phenoxy) is 2. The van der Waals surface area contributed by atoms with E-state index in [2.05, 4.69) is 14.9 Å². The summed E-state index contributed by atoms with van der Waals surface area (Å²) in [5.41, 5.74) is 3.37. The molecule has 6 nitrogen and oxygen atoms in total. The third kappa shape index (κ3) is 3.07. The summed E-state index contributed by atoms with van der Waals surface area (Å²) in [6.07, 6.45) is 4.55. The molecule has 0 aliphatic carbocycles. The van der Waals surface area contributed by atoms with Crippen LogP contribution in [0.15, 0.2) is 30.7 Å². The molecule has 1 aromatic carbocycles. The van der Waals surface area contributed by atoms with E-state index in [4.69, 9.17) is 9.47 Å². The molecule has 1 spiro atoms. The predicted molar refractivity (Wildman–Crippen MR) is 92.5 cm³/mol. The van der Waals surface area contributed by atoms with Gasteiger partial charge in [0.15, 0.2) is 11.5 Å². The van der Waals surface area contributed by atoms with Crippen LogP contribution in [0, 0.1) is 0 Å². The average molecular weight is 341 g/mol. The first-order valence-electron chi connectivity index (χ1n) is 8.74. The molecule has 25 heavy (non-hydrogen) atoms. The summed E-state index contributed by atoms with van der Waals surface area (Å²) in [6.45, 7) is 6.51. The second-order valence-electron chi connectivity index (χ2n) is 6.87. The zero-order chi connectivity index (χ0) is 17.3. The van der Waals surface area contributed by atoms with Crippen LogP contribution in [0.1, 0.15) is 30.2 Å².